The Morgan fingerprint density at radius 1 is 1.45 bits per heavy atom. The fourth-order valence-electron chi connectivity index (χ4n) is 2.77. The summed E-state index contributed by atoms with van der Waals surface area (Å²) in [5.74, 6) is 0.726. The van der Waals surface area contributed by atoms with Crippen molar-refractivity contribution in [2.45, 2.75) is 45.1 Å². The van der Waals surface area contributed by atoms with Crippen molar-refractivity contribution in [3.05, 3.63) is 22.9 Å². The number of nitrogen functional groups attached to an aromatic ring is 1. The number of pyridine rings is 1. The van der Waals surface area contributed by atoms with Crippen molar-refractivity contribution >= 4 is 11.7 Å². The average molecular weight is 276 g/mol. The fourth-order valence-corrected chi connectivity index (χ4v) is 2.77. The van der Waals surface area contributed by atoms with E-state index in [1.165, 1.54) is 12.0 Å². The summed E-state index contributed by atoms with van der Waals surface area (Å²) in [5, 5.41) is 17.7. The Morgan fingerprint density at radius 2 is 2.10 bits per heavy atom. The number of aliphatic hydroxyl groups is 1. The second kappa shape index (κ2) is 5.40. The topological polar surface area (TPSA) is 86.2 Å². The van der Waals surface area contributed by atoms with E-state index < -0.39 is 5.60 Å². The maximum absolute atomic E-state index is 9.96. The van der Waals surface area contributed by atoms with E-state index >= 15 is 0 Å². The van der Waals surface area contributed by atoms with Crippen molar-refractivity contribution in [1.29, 1.82) is 5.41 Å². The molecule has 0 aliphatic heterocycles. The molecule has 0 spiro atoms. The number of hydrogen-bond donors (Lipinski definition) is 3. The first-order chi connectivity index (χ1) is 9.28. The molecule has 0 unspecified atom stereocenters. The number of aromatic nitrogens is 1. The van der Waals surface area contributed by atoms with Gasteiger partial charge in [0.25, 0.3) is 0 Å². The molecule has 110 valence electrons. The third-order valence-corrected chi connectivity index (χ3v) is 3.56. The highest BCUT2D eigenvalue weighted by Gasteiger charge is 2.22. The first-order valence-corrected chi connectivity index (χ1v) is 7.08. The first-order valence-electron chi connectivity index (χ1n) is 7.08. The lowest BCUT2D eigenvalue weighted by molar-refractivity contribution is 0.0884. The van der Waals surface area contributed by atoms with Gasteiger partial charge in [-0.1, -0.05) is 0 Å². The maximum atomic E-state index is 9.96. The molecule has 0 amide bonds. The smallest absolute Gasteiger partial charge is 0.139 e. The van der Waals surface area contributed by atoms with E-state index in [-0.39, 0.29) is 5.84 Å². The van der Waals surface area contributed by atoms with E-state index in [0.717, 1.165) is 25.0 Å². The molecule has 2 rings (SSSR count). The summed E-state index contributed by atoms with van der Waals surface area (Å²) in [6, 6.07) is 2.00. The van der Waals surface area contributed by atoms with E-state index in [1.54, 1.807) is 13.8 Å². The van der Waals surface area contributed by atoms with Crippen LogP contribution < -0.4 is 10.6 Å². The van der Waals surface area contributed by atoms with Gasteiger partial charge in [-0.2, -0.15) is 0 Å². The second-order valence-electron chi connectivity index (χ2n) is 6.25. The molecule has 4 N–H and O–H groups in total. The van der Waals surface area contributed by atoms with Crippen LogP contribution in [0.4, 0.5) is 5.82 Å². The Morgan fingerprint density at radius 3 is 2.70 bits per heavy atom. The molecule has 5 nitrogen and oxygen atoms in total. The summed E-state index contributed by atoms with van der Waals surface area (Å²) >= 11 is 0. The summed E-state index contributed by atoms with van der Waals surface area (Å²) in [6.07, 6.45) is 4.33. The van der Waals surface area contributed by atoms with Crippen LogP contribution in [-0.4, -0.2) is 35.1 Å². The number of anilines is 1. The minimum Gasteiger partial charge on any atom is -0.389 e. The lowest BCUT2D eigenvalue weighted by Gasteiger charge is -2.29. The van der Waals surface area contributed by atoms with E-state index in [4.69, 9.17) is 16.1 Å². The number of aryl methyl sites for hydroxylation is 2. The zero-order valence-corrected chi connectivity index (χ0v) is 12.5. The van der Waals surface area contributed by atoms with Gasteiger partial charge in [0.05, 0.1) is 11.2 Å². The van der Waals surface area contributed by atoms with Gasteiger partial charge >= 0.3 is 0 Å². The Kier molecular flexibility index (Phi) is 3.99. The van der Waals surface area contributed by atoms with Crippen LogP contribution in [0.5, 0.6) is 0 Å². The molecule has 0 bridgehead atoms. The standard InChI is InChI=1S/C15H24N4O/c1-15(2,20)9-19(3)14-11(13(16)17)8-10-6-4-5-7-12(10)18-14/h8,20H,4-7,9H2,1-3H3,(H3,16,17). The molecule has 0 radical (unpaired) electrons. The van der Waals surface area contributed by atoms with E-state index in [1.807, 2.05) is 18.0 Å². The lowest BCUT2D eigenvalue weighted by Crippen LogP contribution is -2.38. The summed E-state index contributed by atoms with van der Waals surface area (Å²) in [6.45, 7) is 3.96. The van der Waals surface area contributed by atoms with Crippen molar-refractivity contribution in [2.24, 2.45) is 5.73 Å². The van der Waals surface area contributed by atoms with Gasteiger partial charge < -0.3 is 15.7 Å². The van der Waals surface area contributed by atoms with Gasteiger partial charge in [-0.25, -0.2) is 4.98 Å². The largest absolute Gasteiger partial charge is 0.389 e. The number of hydrogen-bond acceptors (Lipinski definition) is 4. The Labute approximate surface area is 120 Å². The zero-order valence-electron chi connectivity index (χ0n) is 12.5. The Balaban J connectivity index is 2.42. The van der Waals surface area contributed by atoms with Crippen LogP contribution in [0.15, 0.2) is 6.07 Å². The Bertz CT molecular complexity index is 519. The number of rotatable bonds is 4. The lowest BCUT2D eigenvalue weighted by atomic mass is 9.94. The molecule has 0 aromatic carbocycles. The molecule has 1 aliphatic carbocycles. The van der Waals surface area contributed by atoms with Gasteiger partial charge in [0.15, 0.2) is 0 Å². The molecule has 1 aromatic heterocycles. The molecule has 0 fully saturated rings. The number of nitrogens with one attached hydrogen (secondary N) is 1. The molecule has 1 aliphatic rings. The van der Waals surface area contributed by atoms with Crippen LogP contribution >= 0.6 is 0 Å². The van der Waals surface area contributed by atoms with Crippen LogP contribution in [0.1, 0.15) is 43.5 Å². The molecule has 5 heteroatoms. The number of amidine groups is 1. The molecular formula is C15H24N4O. The number of nitrogens with zero attached hydrogens (tertiary/aromatic N) is 2. The Hall–Kier alpha value is -1.62. The average Bonchev–Trinajstić information content (AvgIpc) is 2.35. The second-order valence-corrected chi connectivity index (χ2v) is 6.25. The van der Waals surface area contributed by atoms with Crippen LogP contribution in [0, 0.1) is 5.41 Å². The van der Waals surface area contributed by atoms with Gasteiger partial charge in [-0.05, 0) is 51.2 Å². The van der Waals surface area contributed by atoms with E-state index in [0.29, 0.717) is 17.9 Å². The van der Waals surface area contributed by atoms with Crippen LogP contribution in [0.2, 0.25) is 0 Å². The predicted octanol–water partition coefficient (Wildman–Crippen LogP) is 1.45. The van der Waals surface area contributed by atoms with Gasteiger partial charge in [0.1, 0.15) is 11.7 Å². The summed E-state index contributed by atoms with van der Waals surface area (Å²) in [5.41, 5.74) is 7.87. The molecule has 0 saturated carbocycles. The number of fused-ring (bicyclic) bond motifs is 1. The van der Waals surface area contributed by atoms with Crippen molar-refractivity contribution in [3.8, 4) is 0 Å². The molecule has 1 heterocycles. The van der Waals surface area contributed by atoms with Crippen LogP contribution in [0.25, 0.3) is 0 Å². The van der Waals surface area contributed by atoms with E-state index in [9.17, 15) is 5.11 Å². The van der Waals surface area contributed by atoms with Gasteiger partial charge in [-0.3, -0.25) is 5.41 Å². The minimum absolute atomic E-state index is 0.0310. The number of nitrogens with two attached hydrogens (primary N) is 1. The van der Waals surface area contributed by atoms with Gasteiger partial charge in [-0.15, -0.1) is 0 Å². The van der Waals surface area contributed by atoms with Crippen LogP contribution in [0.3, 0.4) is 0 Å². The molecule has 0 saturated heterocycles. The SMILES string of the molecule is CN(CC(C)(C)O)c1nc2c(cc1C(=N)N)CCCC2. The molecule has 0 atom stereocenters. The zero-order chi connectivity index (χ0) is 14.9. The molecular weight excluding hydrogens is 252 g/mol. The van der Waals surface area contributed by atoms with Crippen molar-refractivity contribution in [2.75, 3.05) is 18.5 Å². The monoisotopic (exact) mass is 276 g/mol. The third-order valence-electron chi connectivity index (χ3n) is 3.56. The maximum Gasteiger partial charge on any atom is 0.139 e. The highest BCUT2D eigenvalue weighted by molar-refractivity contribution is 5.99. The normalized spacial score (nSPS) is 14.8. The third kappa shape index (κ3) is 3.28. The van der Waals surface area contributed by atoms with Crippen molar-refractivity contribution in [1.82, 2.24) is 4.98 Å². The summed E-state index contributed by atoms with van der Waals surface area (Å²) in [7, 11) is 1.88. The highest BCUT2D eigenvalue weighted by atomic mass is 16.3. The van der Waals surface area contributed by atoms with Gasteiger partial charge in [0.2, 0.25) is 0 Å². The molecule has 1 aromatic rings. The first kappa shape index (κ1) is 14.8. The summed E-state index contributed by atoms with van der Waals surface area (Å²) in [4.78, 5) is 6.59. The van der Waals surface area contributed by atoms with Crippen molar-refractivity contribution in [3.63, 3.8) is 0 Å². The number of likely N-dealkylation sites (N-methyl/N-ethyl adjacent to an activating group) is 1. The summed E-state index contributed by atoms with van der Waals surface area (Å²) < 4.78 is 0. The van der Waals surface area contributed by atoms with Gasteiger partial charge in [0, 0.05) is 19.3 Å². The predicted molar refractivity (Wildman–Crippen MR) is 81.5 cm³/mol. The highest BCUT2D eigenvalue weighted by Crippen LogP contribution is 2.26. The van der Waals surface area contributed by atoms with Crippen molar-refractivity contribution < 1.29 is 5.11 Å². The fraction of sp³-hybridized carbons (Fsp3) is 0.600. The van der Waals surface area contributed by atoms with E-state index in [2.05, 4.69) is 0 Å². The van der Waals surface area contributed by atoms with Crippen LogP contribution in [-0.2, 0) is 12.8 Å². The minimum atomic E-state index is -0.819. The quantitative estimate of drug-likeness (QED) is 0.574. The molecule has 20 heavy (non-hydrogen) atoms.